The third-order valence-electron chi connectivity index (χ3n) is 5.85. The molecule has 33 heavy (non-hydrogen) atoms. The van der Waals surface area contributed by atoms with Gasteiger partial charge in [0.1, 0.15) is 11.5 Å². The first kappa shape index (κ1) is 22.3. The Labute approximate surface area is 193 Å². The van der Waals surface area contributed by atoms with Gasteiger partial charge in [-0.15, -0.1) is 0 Å². The fraction of sp³-hybridized carbons (Fsp3) is 0.222. The zero-order chi connectivity index (χ0) is 23.5. The number of aliphatic hydroxyl groups excluding tert-OH is 1. The van der Waals surface area contributed by atoms with Crippen LogP contribution in [0.15, 0.2) is 72.6 Å². The number of aryl methyl sites for hydroxylation is 2. The highest BCUT2D eigenvalue weighted by molar-refractivity contribution is 6.46. The van der Waals surface area contributed by atoms with Gasteiger partial charge in [-0.1, -0.05) is 23.8 Å². The summed E-state index contributed by atoms with van der Waals surface area (Å²) in [5, 5.41) is 11.2. The molecule has 0 aliphatic carbocycles. The molecular formula is C27H26N2O4. The average Bonchev–Trinajstić information content (AvgIpc) is 3.07. The summed E-state index contributed by atoms with van der Waals surface area (Å²) in [5.41, 5.74) is 4.28. The fourth-order valence-corrected chi connectivity index (χ4v) is 4.12. The van der Waals surface area contributed by atoms with Gasteiger partial charge in [-0.05, 0) is 73.9 Å². The summed E-state index contributed by atoms with van der Waals surface area (Å²) in [5.74, 6) is -0.879. The van der Waals surface area contributed by atoms with E-state index in [1.54, 1.807) is 48.8 Å². The van der Waals surface area contributed by atoms with Crippen molar-refractivity contribution in [2.24, 2.45) is 0 Å². The number of carbonyl (C=O) groups is 2. The van der Waals surface area contributed by atoms with Gasteiger partial charge in [-0.2, -0.15) is 0 Å². The van der Waals surface area contributed by atoms with Crippen LogP contribution in [-0.4, -0.2) is 33.3 Å². The summed E-state index contributed by atoms with van der Waals surface area (Å²) in [4.78, 5) is 31.9. The molecule has 1 N–H and O–H groups in total. The molecule has 0 spiro atoms. The number of ketones is 1. The Hall–Kier alpha value is -3.93. The molecule has 4 rings (SSSR count). The molecule has 2 aromatic carbocycles. The first-order chi connectivity index (χ1) is 15.9. The van der Waals surface area contributed by atoms with Gasteiger partial charge in [0.05, 0.1) is 18.2 Å². The molecule has 6 heteroatoms. The van der Waals surface area contributed by atoms with Crippen molar-refractivity contribution in [2.75, 3.05) is 6.61 Å². The van der Waals surface area contributed by atoms with E-state index in [4.69, 9.17) is 4.74 Å². The number of amides is 1. The fourth-order valence-electron chi connectivity index (χ4n) is 4.12. The average molecular weight is 443 g/mol. The van der Waals surface area contributed by atoms with E-state index < -0.39 is 17.7 Å². The van der Waals surface area contributed by atoms with Crippen molar-refractivity contribution >= 4 is 17.4 Å². The summed E-state index contributed by atoms with van der Waals surface area (Å²) >= 11 is 0. The zero-order valence-corrected chi connectivity index (χ0v) is 18.9. The number of ether oxygens (including phenoxy) is 1. The minimum atomic E-state index is -0.723. The lowest BCUT2D eigenvalue weighted by atomic mass is 9.95. The predicted molar refractivity (Wildman–Crippen MR) is 126 cm³/mol. The molecule has 6 nitrogen and oxygen atoms in total. The van der Waals surface area contributed by atoms with Crippen molar-refractivity contribution in [2.45, 2.75) is 33.4 Å². The van der Waals surface area contributed by atoms with Crippen molar-refractivity contribution in [3.8, 4) is 5.75 Å². The maximum Gasteiger partial charge on any atom is 0.295 e. The molecule has 0 saturated carbocycles. The van der Waals surface area contributed by atoms with Crippen LogP contribution in [-0.2, 0) is 16.1 Å². The largest absolute Gasteiger partial charge is 0.507 e. The SMILES string of the molecule is CCOc1ccc(/C(O)=C2\C(=O)C(=O)N(Cc3cc(C)ccc3C)C2c2ccncc2)cc1. The van der Waals surface area contributed by atoms with Crippen LogP contribution < -0.4 is 4.74 Å². The number of hydrogen-bond acceptors (Lipinski definition) is 5. The van der Waals surface area contributed by atoms with Crippen LogP contribution in [0.5, 0.6) is 5.75 Å². The minimum Gasteiger partial charge on any atom is -0.507 e. The monoisotopic (exact) mass is 442 g/mol. The molecule has 1 fully saturated rings. The number of rotatable bonds is 6. The lowest BCUT2D eigenvalue weighted by Gasteiger charge is -2.26. The summed E-state index contributed by atoms with van der Waals surface area (Å²) < 4.78 is 5.47. The number of aromatic nitrogens is 1. The lowest BCUT2D eigenvalue weighted by Crippen LogP contribution is -2.29. The highest BCUT2D eigenvalue weighted by atomic mass is 16.5. The number of nitrogens with zero attached hydrogens (tertiary/aromatic N) is 2. The van der Waals surface area contributed by atoms with Crippen molar-refractivity contribution < 1.29 is 19.4 Å². The van der Waals surface area contributed by atoms with E-state index in [-0.39, 0.29) is 17.9 Å². The topological polar surface area (TPSA) is 79.7 Å². The van der Waals surface area contributed by atoms with Crippen molar-refractivity contribution in [3.05, 3.63) is 100 Å². The summed E-state index contributed by atoms with van der Waals surface area (Å²) in [6.45, 7) is 6.64. The van der Waals surface area contributed by atoms with Crippen LogP contribution in [0.3, 0.4) is 0 Å². The van der Waals surface area contributed by atoms with Gasteiger partial charge in [-0.25, -0.2) is 0 Å². The van der Waals surface area contributed by atoms with Crippen LogP contribution in [0.25, 0.3) is 5.76 Å². The molecule has 168 valence electrons. The summed E-state index contributed by atoms with van der Waals surface area (Å²) in [7, 11) is 0. The van der Waals surface area contributed by atoms with Crippen LogP contribution >= 0.6 is 0 Å². The number of aliphatic hydroxyl groups is 1. The Balaban J connectivity index is 1.82. The number of likely N-dealkylation sites (tertiary alicyclic amines) is 1. The van der Waals surface area contributed by atoms with Crippen molar-refractivity contribution in [1.29, 1.82) is 0 Å². The van der Waals surface area contributed by atoms with Gasteiger partial charge in [0.2, 0.25) is 0 Å². The van der Waals surface area contributed by atoms with E-state index in [2.05, 4.69) is 4.98 Å². The molecule has 1 aliphatic rings. The Morgan fingerprint density at radius 1 is 1.03 bits per heavy atom. The second-order valence-corrected chi connectivity index (χ2v) is 8.09. The molecule has 3 aromatic rings. The van der Waals surface area contributed by atoms with Gasteiger partial charge in [0.25, 0.3) is 11.7 Å². The van der Waals surface area contributed by atoms with Gasteiger partial charge in [0.15, 0.2) is 0 Å². The van der Waals surface area contributed by atoms with Gasteiger partial charge in [0, 0.05) is 24.5 Å². The van der Waals surface area contributed by atoms with Crippen LogP contribution in [0.4, 0.5) is 0 Å². The molecule has 2 heterocycles. The molecule has 1 atom stereocenters. The number of pyridine rings is 1. The lowest BCUT2D eigenvalue weighted by molar-refractivity contribution is -0.140. The van der Waals surface area contributed by atoms with E-state index in [9.17, 15) is 14.7 Å². The third-order valence-corrected chi connectivity index (χ3v) is 5.85. The molecule has 0 radical (unpaired) electrons. The Bertz CT molecular complexity index is 1220. The molecule has 1 unspecified atom stereocenters. The van der Waals surface area contributed by atoms with Crippen molar-refractivity contribution in [1.82, 2.24) is 9.88 Å². The third kappa shape index (κ3) is 4.37. The zero-order valence-electron chi connectivity index (χ0n) is 18.9. The van der Waals surface area contributed by atoms with Crippen LogP contribution in [0.2, 0.25) is 0 Å². The highest BCUT2D eigenvalue weighted by Crippen LogP contribution is 2.40. The molecule has 1 saturated heterocycles. The van der Waals surface area contributed by atoms with Crippen LogP contribution in [0.1, 0.15) is 40.8 Å². The Morgan fingerprint density at radius 2 is 1.73 bits per heavy atom. The maximum atomic E-state index is 13.2. The quantitative estimate of drug-likeness (QED) is 0.339. The van der Waals surface area contributed by atoms with E-state index >= 15 is 0 Å². The van der Waals surface area contributed by atoms with E-state index in [0.29, 0.717) is 23.5 Å². The molecule has 1 aliphatic heterocycles. The molecule has 1 amide bonds. The molecule has 0 bridgehead atoms. The van der Waals surface area contributed by atoms with E-state index in [0.717, 1.165) is 16.7 Å². The first-order valence-corrected chi connectivity index (χ1v) is 10.9. The smallest absolute Gasteiger partial charge is 0.295 e. The normalized spacial score (nSPS) is 17.4. The van der Waals surface area contributed by atoms with Gasteiger partial charge in [-0.3, -0.25) is 14.6 Å². The number of benzene rings is 2. The maximum absolute atomic E-state index is 13.2. The first-order valence-electron chi connectivity index (χ1n) is 10.9. The minimum absolute atomic E-state index is 0.0701. The number of hydrogen-bond donors (Lipinski definition) is 1. The second kappa shape index (κ2) is 9.28. The number of Topliss-reactive ketones (excluding diaryl/α,β-unsaturated/α-hetero) is 1. The molecular weight excluding hydrogens is 416 g/mol. The van der Waals surface area contributed by atoms with Crippen LogP contribution in [0, 0.1) is 13.8 Å². The van der Waals surface area contributed by atoms with Crippen molar-refractivity contribution in [3.63, 3.8) is 0 Å². The predicted octanol–water partition coefficient (Wildman–Crippen LogP) is 4.72. The summed E-state index contributed by atoms with van der Waals surface area (Å²) in [6.07, 6.45) is 3.23. The standard InChI is InChI=1S/C27H26N2O4/c1-4-33-22-9-7-20(8-10-22)25(30)23-24(19-11-13-28-14-12-19)29(27(32)26(23)31)16-21-15-17(2)5-6-18(21)3/h5-15,24,30H,4,16H2,1-3H3/b25-23+. The number of carbonyl (C=O) groups excluding carboxylic acids is 2. The Kier molecular flexibility index (Phi) is 6.27. The van der Waals surface area contributed by atoms with E-state index in [1.165, 1.54) is 4.90 Å². The summed E-state index contributed by atoms with van der Waals surface area (Å²) in [6, 6.07) is 15.7. The second-order valence-electron chi connectivity index (χ2n) is 8.09. The highest BCUT2D eigenvalue weighted by Gasteiger charge is 2.46. The Morgan fingerprint density at radius 3 is 2.39 bits per heavy atom. The van der Waals surface area contributed by atoms with E-state index in [1.807, 2.05) is 39.0 Å². The van der Waals surface area contributed by atoms with Gasteiger partial charge < -0.3 is 14.7 Å². The van der Waals surface area contributed by atoms with Gasteiger partial charge >= 0.3 is 0 Å². The molecule has 1 aromatic heterocycles.